The monoisotopic (exact) mass is 434 g/mol. The number of alkyl carbamates (subject to hydrolysis) is 1. The number of nitrogens with zero attached hydrogens (tertiary/aromatic N) is 1. The third-order valence-corrected chi connectivity index (χ3v) is 4.83. The van der Waals surface area contributed by atoms with Crippen LogP contribution in [0, 0.1) is 5.41 Å². The Morgan fingerprint density at radius 2 is 1.74 bits per heavy atom. The first-order chi connectivity index (χ1) is 14.3. The van der Waals surface area contributed by atoms with Crippen molar-refractivity contribution >= 4 is 18.0 Å². The third-order valence-electron chi connectivity index (χ3n) is 4.83. The average Bonchev–Trinajstić information content (AvgIpc) is 3.04. The normalized spacial score (nSPS) is 20.2. The molecule has 1 saturated heterocycles. The van der Waals surface area contributed by atoms with Gasteiger partial charge in [-0.2, -0.15) is 0 Å². The Morgan fingerprint density at radius 3 is 2.29 bits per heavy atom. The van der Waals surface area contributed by atoms with E-state index in [0.717, 1.165) is 5.56 Å². The van der Waals surface area contributed by atoms with Gasteiger partial charge in [-0.25, -0.2) is 9.59 Å². The fourth-order valence-electron chi connectivity index (χ4n) is 3.35. The van der Waals surface area contributed by atoms with Gasteiger partial charge in [-0.1, -0.05) is 51.1 Å². The number of benzene rings is 1. The van der Waals surface area contributed by atoms with E-state index in [4.69, 9.17) is 9.47 Å². The number of ether oxygens (including phenoxy) is 2. The summed E-state index contributed by atoms with van der Waals surface area (Å²) in [6, 6.07) is 7.35. The molecule has 31 heavy (non-hydrogen) atoms. The Labute approximate surface area is 183 Å². The molecule has 0 spiro atoms. The van der Waals surface area contributed by atoms with Crippen molar-refractivity contribution in [3.63, 3.8) is 0 Å². The summed E-state index contributed by atoms with van der Waals surface area (Å²) in [5.41, 5.74) is -0.546. The summed E-state index contributed by atoms with van der Waals surface area (Å²) in [5, 5.41) is 12.8. The highest BCUT2D eigenvalue weighted by molar-refractivity contribution is 5.91. The van der Waals surface area contributed by atoms with E-state index in [1.54, 1.807) is 20.8 Å². The van der Waals surface area contributed by atoms with E-state index in [0.29, 0.717) is 0 Å². The lowest BCUT2D eigenvalue weighted by atomic mass is 9.85. The van der Waals surface area contributed by atoms with Crippen molar-refractivity contribution in [3.05, 3.63) is 35.9 Å². The lowest BCUT2D eigenvalue weighted by Gasteiger charge is -2.35. The first kappa shape index (κ1) is 24.7. The van der Waals surface area contributed by atoms with Crippen LogP contribution in [0.5, 0.6) is 0 Å². The maximum atomic E-state index is 13.4. The van der Waals surface area contributed by atoms with Gasteiger partial charge in [0.15, 0.2) is 0 Å². The fourth-order valence-corrected chi connectivity index (χ4v) is 3.35. The van der Waals surface area contributed by atoms with Crippen LogP contribution in [0.4, 0.5) is 4.79 Å². The number of aliphatic hydroxyl groups is 1. The molecule has 1 aromatic rings. The molecule has 2 amide bonds. The van der Waals surface area contributed by atoms with Crippen LogP contribution in [0.2, 0.25) is 0 Å². The summed E-state index contributed by atoms with van der Waals surface area (Å²) in [6.07, 6.45) is -1.48. The Kier molecular flexibility index (Phi) is 7.70. The number of aliphatic hydroxyl groups excluding tert-OH is 1. The van der Waals surface area contributed by atoms with Crippen molar-refractivity contribution in [3.8, 4) is 0 Å². The highest BCUT2D eigenvalue weighted by Crippen LogP contribution is 2.27. The van der Waals surface area contributed by atoms with Gasteiger partial charge in [0.25, 0.3) is 0 Å². The molecule has 8 heteroatoms. The lowest BCUT2D eigenvalue weighted by Crippen LogP contribution is -2.57. The Bertz CT molecular complexity index is 781. The second-order valence-electron chi connectivity index (χ2n) is 9.93. The van der Waals surface area contributed by atoms with Gasteiger partial charge < -0.3 is 24.8 Å². The highest BCUT2D eigenvalue weighted by Gasteiger charge is 2.45. The van der Waals surface area contributed by atoms with Gasteiger partial charge in [-0.05, 0) is 31.7 Å². The molecule has 0 saturated carbocycles. The van der Waals surface area contributed by atoms with E-state index in [9.17, 15) is 19.5 Å². The van der Waals surface area contributed by atoms with Crippen molar-refractivity contribution in [2.75, 3.05) is 6.54 Å². The number of β-amino-alcohol motifs (C(OH)–C–C–N with tert-alkyl or cyclic N) is 1. The molecule has 1 heterocycles. The van der Waals surface area contributed by atoms with Gasteiger partial charge in [0.2, 0.25) is 5.91 Å². The number of hydrogen-bond acceptors (Lipinski definition) is 6. The van der Waals surface area contributed by atoms with Crippen LogP contribution < -0.4 is 5.32 Å². The van der Waals surface area contributed by atoms with Gasteiger partial charge in [-0.3, -0.25) is 4.79 Å². The molecular formula is C23H34N2O6. The molecule has 8 nitrogen and oxygen atoms in total. The number of rotatable bonds is 5. The number of carbonyl (C=O) groups is 3. The summed E-state index contributed by atoms with van der Waals surface area (Å²) in [7, 11) is 0. The molecule has 2 rings (SSSR count). The number of likely N-dealkylation sites (tertiary alicyclic amines) is 1. The molecule has 172 valence electrons. The van der Waals surface area contributed by atoms with E-state index < -0.39 is 47.2 Å². The minimum atomic E-state index is -0.947. The molecule has 3 atom stereocenters. The summed E-state index contributed by atoms with van der Waals surface area (Å²) >= 11 is 0. The van der Waals surface area contributed by atoms with Gasteiger partial charge in [0, 0.05) is 13.0 Å². The van der Waals surface area contributed by atoms with Crippen molar-refractivity contribution in [1.29, 1.82) is 0 Å². The predicted molar refractivity (Wildman–Crippen MR) is 115 cm³/mol. The van der Waals surface area contributed by atoms with Crippen molar-refractivity contribution in [1.82, 2.24) is 10.2 Å². The van der Waals surface area contributed by atoms with Crippen molar-refractivity contribution in [2.45, 2.75) is 78.4 Å². The maximum Gasteiger partial charge on any atom is 0.408 e. The number of nitrogens with one attached hydrogen (secondary N) is 1. The zero-order valence-corrected chi connectivity index (χ0v) is 19.2. The highest BCUT2D eigenvalue weighted by atomic mass is 16.6. The molecule has 1 fully saturated rings. The van der Waals surface area contributed by atoms with E-state index >= 15 is 0 Å². The topological polar surface area (TPSA) is 105 Å². The van der Waals surface area contributed by atoms with Crippen LogP contribution in [0.3, 0.4) is 0 Å². The Hall–Kier alpha value is -2.61. The summed E-state index contributed by atoms with van der Waals surface area (Å²) in [4.78, 5) is 39.7. The second-order valence-corrected chi connectivity index (χ2v) is 9.93. The first-order valence-electron chi connectivity index (χ1n) is 10.5. The molecule has 0 aromatic heterocycles. The Balaban J connectivity index is 2.13. The number of carbonyl (C=O) groups excluding carboxylic acids is 3. The van der Waals surface area contributed by atoms with Gasteiger partial charge >= 0.3 is 12.1 Å². The first-order valence-corrected chi connectivity index (χ1v) is 10.5. The standard InChI is InChI=1S/C23H34N2O6/c1-22(2,3)18(24-21(29)31-23(4,5)6)19(27)25-13-16(26)12-17(25)20(28)30-14-15-10-8-7-9-11-15/h7-11,16-18,26H,12-14H2,1-6H3,(H,24,29)/t16-,17+,18?/m1/s1. The molecular weight excluding hydrogens is 400 g/mol. The molecule has 1 aliphatic heterocycles. The average molecular weight is 435 g/mol. The van der Waals surface area contributed by atoms with Crippen LogP contribution in [0.25, 0.3) is 0 Å². The van der Waals surface area contributed by atoms with E-state index in [1.807, 2.05) is 51.1 Å². The van der Waals surface area contributed by atoms with Gasteiger partial charge in [0.1, 0.15) is 24.3 Å². The van der Waals surface area contributed by atoms with E-state index in [1.165, 1.54) is 4.90 Å². The van der Waals surface area contributed by atoms with Crippen LogP contribution in [-0.4, -0.2) is 58.3 Å². The molecule has 0 aliphatic carbocycles. The largest absolute Gasteiger partial charge is 0.459 e. The molecule has 1 unspecified atom stereocenters. The predicted octanol–water partition coefficient (Wildman–Crippen LogP) is 2.63. The summed E-state index contributed by atoms with van der Waals surface area (Å²) in [5.74, 6) is -1.05. The SMILES string of the molecule is CC(C)(C)OC(=O)NC(C(=O)N1C[C@H](O)C[C@H]1C(=O)OCc1ccccc1)C(C)(C)C. The summed E-state index contributed by atoms with van der Waals surface area (Å²) in [6.45, 7) is 10.7. The smallest absolute Gasteiger partial charge is 0.408 e. The molecule has 0 bridgehead atoms. The van der Waals surface area contributed by atoms with E-state index in [-0.39, 0.29) is 19.6 Å². The van der Waals surface area contributed by atoms with Crippen LogP contribution in [-0.2, 0) is 25.7 Å². The zero-order chi connectivity index (χ0) is 23.4. The minimum absolute atomic E-state index is 0.00743. The maximum absolute atomic E-state index is 13.4. The molecule has 1 aromatic carbocycles. The zero-order valence-electron chi connectivity index (χ0n) is 19.2. The minimum Gasteiger partial charge on any atom is -0.459 e. The van der Waals surface area contributed by atoms with Gasteiger partial charge in [0.05, 0.1) is 6.10 Å². The van der Waals surface area contributed by atoms with Crippen LogP contribution in [0.15, 0.2) is 30.3 Å². The quantitative estimate of drug-likeness (QED) is 0.691. The number of esters is 1. The van der Waals surface area contributed by atoms with Crippen LogP contribution in [0.1, 0.15) is 53.5 Å². The fraction of sp³-hybridized carbons (Fsp3) is 0.609. The molecule has 0 radical (unpaired) electrons. The Morgan fingerprint density at radius 1 is 1.13 bits per heavy atom. The molecule has 1 aliphatic rings. The number of hydrogen-bond donors (Lipinski definition) is 2. The van der Waals surface area contributed by atoms with Crippen LogP contribution >= 0.6 is 0 Å². The van der Waals surface area contributed by atoms with Gasteiger partial charge in [-0.15, -0.1) is 0 Å². The number of amides is 2. The van der Waals surface area contributed by atoms with E-state index in [2.05, 4.69) is 5.32 Å². The van der Waals surface area contributed by atoms with Crippen molar-refractivity contribution in [2.24, 2.45) is 5.41 Å². The van der Waals surface area contributed by atoms with Crippen molar-refractivity contribution < 1.29 is 29.0 Å². The third kappa shape index (κ3) is 7.24. The lowest BCUT2D eigenvalue weighted by molar-refractivity contribution is -0.155. The molecule has 2 N–H and O–H groups in total. The summed E-state index contributed by atoms with van der Waals surface area (Å²) < 4.78 is 10.7. The second kappa shape index (κ2) is 9.68.